The summed E-state index contributed by atoms with van der Waals surface area (Å²) in [4.78, 5) is 2.42. The number of hydrogen-bond acceptors (Lipinski definition) is 8. The number of aryl methyl sites for hydroxylation is 1. The summed E-state index contributed by atoms with van der Waals surface area (Å²) in [6, 6.07) is 0. The van der Waals surface area contributed by atoms with Crippen LogP contribution in [0.1, 0.15) is 0 Å². The number of hydrogen-bond donors (Lipinski definition) is 1. The molecular weight excluding hydrogens is 342 g/mol. The van der Waals surface area contributed by atoms with Crippen molar-refractivity contribution in [3.05, 3.63) is 4.80 Å². The van der Waals surface area contributed by atoms with Crippen molar-refractivity contribution in [1.29, 1.82) is 0 Å². The molecule has 8 nitrogen and oxygen atoms in total. The van der Waals surface area contributed by atoms with E-state index < -0.39 is 10.0 Å². The van der Waals surface area contributed by atoms with Gasteiger partial charge in [0.15, 0.2) is 4.32 Å². The third kappa shape index (κ3) is 3.99. The SMILES string of the molecule is Cn1nc(S(N)(=O)=O)s/c1=N\SC(=S)N1CCOCC1. The van der Waals surface area contributed by atoms with Crippen LogP contribution in [0, 0.1) is 0 Å². The standard InChI is InChI=1S/C8H13N5O3S4/c1-12-6(18-7(10-12)20(9,14)15)11-19-8(17)13-2-4-16-5-3-13/h2-5H2,1H3,(H2,9,14,15)/b11-6-. The van der Waals surface area contributed by atoms with Crippen molar-refractivity contribution >= 4 is 49.8 Å². The molecule has 1 aromatic heterocycles. The highest BCUT2D eigenvalue weighted by molar-refractivity contribution is 8.22. The van der Waals surface area contributed by atoms with Gasteiger partial charge in [0.1, 0.15) is 0 Å². The second-order valence-electron chi connectivity index (χ2n) is 3.87. The van der Waals surface area contributed by atoms with Crippen LogP contribution in [0.3, 0.4) is 0 Å². The fraction of sp³-hybridized carbons (Fsp3) is 0.625. The van der Waals surface area contributed by atoms with Gasteiger partial charge in [-0.25, -0.2) is 18.2 Å². The maximum absolute atomic E-state index is 11.2. The molecule has 112 valence electrons. The Hall–Kier alpha value is -0.530. The fourth-order valence-electron chi connectivity index (χ4n) is 1.40. The van der Waals surface area contributed by atoms with Gasteiger partial charge in [-0.1, -0.05) is 23.6 Å². The Morgan fingerprint density at radius 3 is 2.75 bits per heavy atom. The number of aromatic nitrogens is 2. The number of thiocarbonyl (C=S) groups is 1. The van der Waals surface area contributed by atoms with Crippen LogP contribution in [0.4, 0.5) is 0 Å². The van der Waals surface area contributed by atoms with Crippen LogP contribution in [-0.2, 0) is 21.8 Å². The van der Waals surface area contributed by atoms with E-state index in [1.165, 1.54) is 4.68 Å². The Labute approximate surface area is 129 Å². The first-order valence-electron chi connectivity index (χ1n) is 5.52. The van der Waals surface area contributed by atoms with E-state index in [0.717, 1.165) is 36.4 Å². The monoisotopic (exact) mass is 355 g/mol. The van der Waals surface area contributed by atoms with Crippen LogP contribution < -0.4 is 9.94 Å². The molecule has 0 atom stereocenters. The molecule has 0 aliphatic carbocycles. The molecule has 2 rings (SSSR count). The van der Waals surface area contributed by atoms with E-state index in [1.54, 1.807) is 7.05 Å². The number of rotatable bonds is 2. The molecule has 0 radical (unpaired) electrons. The highest BCUT2D eigenvalue weighted by Crippen LogP contribution is 2.13. The van der Waals surface area contributed by atoms with E-state index in [2.05, 4.69) is 9.50 Å². The third-order valence-electron chi connectivity index (χ3n) is 2.40. The lowest BCUT2D eigenvalue weighted by molar-refractivity contribution is 0.0702. The number of ether oxygens (including phenoxy) is 1. The van der Waals surface area contributed by atoms with E-state index in [0.29, 0.717) is 22.3 Å². The zero-order chi connectivity index (χ0) is 14.8. The summed E-state index contributed by atoms with van der Waals surface area (Å²) in [6.07, 6.45) is 0. The maximum Gasteiger partial charge on any atom is 0.267 e. The molecule has 12 heteroatoms. The lowest BCUT2D eigenvalue weighted by Gasteiger charge is -2.27. The van der Waals surface area contributed by atoms with Crippen molar-refractivity contribution in [3.8, 4) is 0 Å². The van der Waals surface area contributed by atoms with Crippen LogP contribution in [0.5, 0.6) is 0 Å². The van der Waals surface area contributed by atoms with Gasteiger partial charge < -0.3 is 9.64 Å². The van der Waals surface area contributed by atoms with Crippen LogP contribution in [0.2, 0.25) is 0 Å². The van der Waals surface area contributed by atoms with E-state index in [-0.39, 0.29) is 4.34 Å². The summed E-state index contributed by atoms with van der Waals surface area (Å²) in [5.74, 6) is 0. The number of sulfonamides is 1. The first-order valence-corrected chi connectivity index (χ1v) is 9.07. The third-order valence-corrected chi connectivity index (χ3v) is 5.99. The molecule has 1 fully saturated rings. The van der Waals surface area contributed by atoms with Gasteiger partial charge in [-0.05, 0) is 0 Å². The molecule has 2 heterocycles. The normalized spacial score (nSPS) is 17.5. The summed E-state index contributed by atoms with van der Waals surface area (Å²) < 4.78 is 33.7. The fourth-order valence-corrected chi connectivity index (χ4v) is 3.95. The first kappa shape index (κ1) is 15.9. The molecule has 1 aromatic rings. The van der Waals surface area contributed by atoms with Crippen LogP contribution in [0.15, 0.2) is 8.74 Å². The molecule has 1 aliphatic rings. The Kier molecular flexibility index (Phi) is 5.14. The highest BCUT2D eigenvalue weighted by atomic mass is 32.2. The molecule has 20 heavy (non-hydrogen) atoms. The van der Waals surface area contributed by atoms with Gasteiger partial charge in [-0.2, -0.15) is 4.40 Å². The van der Waals surface area contributed by atoms with Crippen molar-refractivity contribution in [2.24, 2.45) is 16.6 Å². The molecule has 0 unspecified atom stereocenters. The van der Waals surface area contributed by atoms with Gasteiger partial charge in [0.2, 0.25) is 9.14 Å². The average molecular weight is 355 g/mol. The molecular formula is C8H13N5O3S4. The quantitative estimate of drug-likeness (QED) is 0.552. The van der Waals surface area contributed by atoms with Crippen molar-refractivity contribution in [2.45, 2.75) is 4.34 Å². The van der Waals surface area contributed by atoms with E-state index in [1.807, 2.05) is 4.90 Å². The van der Waals surface area contributed by atoms with Crippen molar-refractivity contribution in [2.75, 3.05) is 26.3 Å². The zero-order valence-corrected chi connectivity index (χ0v) is 13.8. The van der Waals surface area contributed by atoms with Crippen molar-refractivity contribution in [3.63, 3.8) is 0 Å². The van der Waals surface area contributed by atoms with Crippen molar-refractivity contribution in [1.82, 2.24) is 14.7 Å². The van der Waals surface area contributed by atoms with E-state index >= 15 is 0 Å². The van der Waals surface area contributed by atoms with E-state index in [4.69, 9.17) is 22.1 Å². The highest BCUT2D eigenvalue weighted by Gasteiger charge is 2.16. The van der Waals surface area contributed by atoms with Gasteiger partial charge in [0, 0.05) is 32.1 Å². The minimum absolute atomic E-state index is 0.170. The van der Waals surface area contributed by atoms with Crippen LogP contribution >= 0.6 is 35.5 Å². The molecule has 0 spiro atoms. The summed E-state index contributed by atoms with van der Waals surface area (Å²) in [7, 11) is -2.21. The first-order chi connectivity index (χ1) is 9.38. The number of morpholine rings is 1. The summed E-state index contributed by atoms with van der Waals surface area (Å²) >= 11 is 7.29. The number of nitrogens with zero attached hydrogens (tertiary/aromatic N) is 4. The molecule has 1 saturated heterocycles. The molecule has 0 saturated carbocycles. The molecule has 1 aliphatic heterocycles. The zero-order valence-electron chi connectivity index (χ0n) is 10.6. The number of nitrogens with two attached hydrogens (primary N) is 1. The van der Waals surface area contributed by atoms with Gasteiger partial charge in [0.25, 0.3) is 10.0 Å². The molecule has 0 amide bonds. The van der Waals surface area contributed by atoms with Crippen LogP contribution in [0.25, 0.3) is 0 Å². The Morgan fingerprint density at radius 2 is 2.20 bits per heavy atom. The summed E-state index contributed by atoms with van der Waals surface area (Å²) in [5, 5.41) is 8.83. The molecule has 0 aromatic carbocycles. The predicted molar refractivity (Wildman–Crippen MR) is 80.6 cm³/mol. The van der Waals surface area contributed by atoms with Gasteiger partial charge in [-0.15, -0.1) is 5.10 Å². The average Bonchev–Trinajstić information content (AvgIpc) is 2.78. The predicted octanol–water partition coefficient (Wildman–Crippen LogP) is -0.705. The molecule has 0 bridgehead atoms. The van der Waals surface area contributed by atoms with Crippen LogP contribution in [-0.4, -0.2) is 53.7 Å². The Morgan fingerprint density at radius 1 is 1.55 bits per heavy atom. The minimum Gasteiger partial charge on any atom is -0.378 e. The van der Waals surface area contributed by atoms with Crippen molar-refractivity contribution < 1.29 is 13.2 Å². The summed E-state index contributed by atoms with van der Waals surface area (Å²) in [5.41, 5.74) is 0. The van der Waals surface area contributed by atoms with E-state index in [9.17, 15) is 8.42 Å². The number of primary sulfonamides is 1. The second kappa shape index (κ2) is 6.49. The van der Waals surface area contributed by atoms with Gasteiger partial charge in [-0.3, -0.25) is 0 Å². The molecule has 2 N–H and O–H groups in total. The Balaban J connectivity index is 2.11. The maximum atomic E-state index is 11.2. The summed E-state index contributed by atoms with van der Waals surface area (Å²) in [6.45, 7) is 2.76. The smallest absolute Gasteiger partial charge is 0.267 e. The second-order valence-corrected chi connectivity index (χ2v) is 7.96. The lowest BCUT2D eigenvalue weighted by atomic mass is 10.5. The topological polar surface area (TPSA) is 103 Å². The largest absolute Gasteiger partial charge is 0.378 e. The van der Waals surface area contributed by atoms with Gasteiger partial charge in [0.05, 0.1) is 13.2 Å². The minimum atomic E-state index is -3.81. The Bertz CT molecular complexity index is 658. The lowest BCUT2D eigenvalue weighted by Crippen LogP contribution is -2.38. The van der Waals surface area contributed by atoms with Gasteiger partial charge >= 0.3 is 0 Å².